The van der Waals surface area contributed by atoms with Crippen LogP contribution in [0.1, 0.15) is 24.0 Å². The van der Waals surface area contributed by atoms with Crippen LogP contribution in [0, 0.1) is 6.92 Å². The molecule has 4 rings (SSSR count). The van der Waals surface area contributed by atoms with E-state index < -0.39 is 0 Å². The van der Waals surface area contributed by atoms with Gasteiger partial charge >= 0.3 is 0 Å². The normalized spacial score (nSPS) is 14.2. The highest BCUT2D eigenvalue weighted by atomic mass is 15.2. The van der Waals surface area contributed by atoms with Gasteiger partial charge in [-0.3, -0.25) is 4.98 Å². The molecule has 1 aliphatic rings. The number of fused-ring (bicyclic) bond motifs is 1. The van der Waals surface area contributed by atoms with Crippen molar-refractivity contribution in [3.05, 3.63) is 66.1 Å². The number of hydrogen-bond donors (Lipinski definition) is 0. The highest BCUT2D eigenvalue weighted by Gasteiger charge is 2.30. The molecule has 2 aromatic heterocycles. The van der Waals surface area contributed by atoms with Gasteiger partial charge in [-0.2, -0.15) is 0 Å². The molecule has 0 unspecified atom stereocenters. The minimum absolute atomic E-state index is 0.617. The summed E-state index contributed by atoms with van der Waals surface area (Å²) in [4.78, 5) is 11.4. The molecule has 110 valence electrons. The van der Waals surface area contributed by atoms with Crippen molar-refractivity contribution < 1.29 is 0 Å². The lowest BCUT2D eigenvalue weighted by Crippen LogP contribution is -2.26. The molecule has 1 aromatic carbocycles. The van der Waals surface area contributed by atoms with Crippen LogP contribution in [0.5, 0.6) is 0 Å². The molecule has 0 saturated heterocycles. The topological polar surface area (TPSA) is 29.0 Å². The average molecular weight is 289 g/mol. The Labute approximate surface area is 130 Å². The van der Waals surface area contributed by atoms with Gasteiger partial charge < -0.3 is 4.90 Å². The Morgan fingerprint density at radius 1 is 1.14 bits per heavy atom. The summed E-state index contributed by atoms with van der Waals surface area (Å²) in [7, 11) is 0. The molecule has 1 saturated carbocycles. The quantitative estimate of drug-likeness (QED) is 0.724. The Balaban J connectivity index is 1.75. The minimum atomic E-state index is 0.617. The van der Waals surface area contributed by atoms with E-state index in [1.165, 1.54) is 29.4 Å². The van der Waals surface area contributed by atoms with Gasteiger partial charge in [-0.1, -0.05) is 29.8 Å². The van der Waals surface area contributed by atoms with Crippen LogP contribution in [0.4, 0.5) is 5.82 Å². The number of benzene rings is 1. The van der Waals surface area contributed by atoms with Crippen LogP contribution in [0.15, 0.2) is 55.0 Å². The smallest absolute Gasteiger partial charge is 0.137 e. The van der Waals surface area contributed by atoms with Gasteiger partial charge in [0.2, 0.25) is 0 Å². The molecular weight excluding hydrogens is 270 g/mol. The number of anilines is 1. The second kappa shape index (κ2) is 5.41. The van der Waals surface area contributed by atoms with E-state index in [-0.39, 0.29) is 0 Å². The maximum atomic E-state index is 4.69. The third-order valence-corrected chi connectivity index (χ3v) is 4.24. The highest BCUT2D eigenvalue weighted by Crippen LogP contribution is 2.35. The summed E-state index contributed by atoms with van der Waals surface area (Å²) in [5, 5.41) is 2.35. The molecule has 3 nitrogen and oxygen atoms in total. The monoisotopic (exact) mass is 289 g/mol. The SMILES string of the molecule is Cc1cccc(CN(c2nccc3cnccc23)C2CC2)c1. The van der Waals surface area contributed by atoms with Gasteiger partial charge in [-0.25, -0.2) is 4.98 Å². The fraction of sp³-hybridized carbons (Fsp3) is 0.263. The Bertz CT molecular complexity index is 803. The van der Waals surface area contributed by atoms with E-state index in [1.54, 1.807) is 0 Å². The van der Waals surface area contributed by atoms with E-state index >= 15 is 0 Å². The van der Waals surface area contributed by atoms with E-state index in [1.807, 2.05) is 24.7 Å². The molecule has 0 aliphatic heterocycles. The second-order valence-electron chi connectivity index (χ2n) is 6.08. The van der Waals surface area contributed by atoms with Gasteiger partial charge in [0.1, 0.15) is 5.82 Å². The molecule has 0 amide bonds. The summed E-state index contributed by atoms with van der Waals surface area (Å²) in [6, 6.07) is 13.5. The van der Waals surface area contributed by atoms with Gasteiger partial charge in [0.05, 0.1) is 0 Å². The second-order valence-corrected chi connectivity index (χ2v) is 6.08. The van der Waals surface area contributed by atoms with Crippen LogP contribution < -0.4 is 4.90 Å². The van der Waals surface area contributed by atoms with Crippen LogP contribution in [0.25, 0.3) is 10.8 Å². The zero-order chi connectivity index (χ0) is 14.9. The fourth-order valence-corrected chi connectivity index (χ4v) is 3.00. The van der Waals surface area contributed by atoms with Crippen molar-refractivity contribution >= 4 is 16.6 Å². The molecule has 0 atom stereocenters. The molecular formula is C19H19N3. The van der Waals surface area contributed by atoms with Crippen molar-refractivity contribution in [3.63, 3.8) is 0 Å². The first kappa shape index (κ1) is 13.3. The summed E-state index contributed by atoms with van der Waals surface area (Å²) < 4.78 is 0. The summed E-state index contributed by atoms with van der Waals surface area (Å²) in [6.07, 6.45) is 8.18. The van der Waals surface area contributed by atoms with E-state index in [0.717, 1.165) is 17.7 Å². The Morgan fingerprint density at radius 2 is 2.05 bits per heavy atom. The number of aryl methyl sites for hydroxylation is 1. The number of hydrogen-bond acceptors (Lipinski definition) is 3. The van der Waals surface area contributed by atoms with E-state index in [4.69, 9.17) is 0 Å². The fourth-order valence-electron chi connectivity index (χ4n) is 3.00. The molecule has 0 radical (unpaired) electrons. The van der Waals surface area contributed by atoms with E-state index in [0.29, 0.717) is 6.04 Å². The van der Waals surface area contributed by atoms with Crippen LogP contribution in [0.3, 0.4) is 0 Å². The first-order valence-electron chi connectivity index (χ1n) is 7.82. The van der Waals surface area contributed by atoms with Crippen LogP contribution in [-0.4, -0.2) is 16.0 Å². The lowest BCUT2D eigenvalue weighted by molar-refractivity contribution is 0.782. The van der Waals surface area contributed by atoms with Crippen molar-refractivity contribution in [1.29, 1.82) is 0 Å². The predicted octanol–water partition coefficient (Wildman–Crippen LogP) is 4.11. The van der Waals surface area contributed by atoms with E-state index in [9.17, 15) is 0 Å². The standard InChI is InChI=1S/C19H19N3/c1-14-3-2-4-15(11-14)13-22(17-5-6-17)19-18-8-9-20-12-16(18)7-10-21-19/h2-4,7-12,17H,5-6,13H2,1H3. The number of nitrogens with zero attached hydrogens (tertiary/aromatic N) is 3. The molecule has 2 heterocycles. The minimum Gasteiger partial charge on any atom is -0.349 e. The van der Waals surface area contributed by atoms with Crippen molar-refractivity contribution in [2.75, 3.05) is 4.90 Å². The summed E-state index contributed by atoms with van der Waals surface area (Å²) in [6.45, 7) is 3.06. The number of pyridine rings is 2. The van der Waals surface area contributed by atoms with Gasteiger partial charge in [0.25, 0.3) is 0 Å². The zero-order valence-corrected chi connectivity index (χ0v) is 12.7. The van der Waals surface area contributed by atoms with Gasteiger partial charge in [0.15, 0.2) is 0 Å². The lowest BCUT2D eigenvalue weighted by Gasteiger charge is -2.25. The van der Waals surface area contributed by atoms with Gasteiger partial charge in [0, 0.05) is 41.9 Å². The lowest BCUT2D eigenvalue weighted by atomic mass is 10.1. The zero-order valence-electron chi connectivity index (χ0n) is 12.7. The Kier molecular flexibility index (Phi) is 3.26. The first-order valence-corrected chi connectivity index (χ1v) is 7.82. The van der Waals surface area contributed by atoms with Crippen LogP contribution in [-0.2, 0) is 6.54 Å². The summed E-state index contributed by atoms with van der Waals surface area (Å²) in [5.74, 6) is 1.09. The van der Waals surface area contributed by atoms with E-state index in [2.05, 4.69) is 52.1 Å². The molecule has 3 heteroatoms. The third-order valence-electron chi connectivity index (χ3n) is 4.24. The maximum Gasteiger partial charge on any atom is 0.137 e. The Morgan fingerprint density at radius 3 is 2.86 bits per heavy atom. The predicted molar refractivity (Wildman–Crippen MR) is 89.9 cm³/mol. The largest absolute Gasteiger partial charge is 0.349 e. The highest BCUT2D eigenvalue weighted by molar-refractivity contribution is 5.91. The van der Waals surface area contributed by atoms with Crippen molar-refractivity contribution in [3.8, 4) is 0 Å². The van der Waals surface area contributed by atoms with Crippen molar-refractivity contribution in [1.82, 2.24) is 9.97 Å². The number of aromatic nitrogens is 2. The summed E-state index contributed by atoms with van der Waals surface area (Å²) in [5.41, 5.74) is 2.66. The van der Waals surface area contributed by atoms with Gasteiger partial charge in [-0.05, 0) is 37.5 Å². The number of rotatable bonds is 4. The first-order chi connectivity index (χ1) is 10.8. The van der Waals surface area contributed by atoms with Gasteiger partial charge in [-0.15, -0.1) is 0 Å². The maximum absolute atomic E-state index is 4.69. The van der Waals surface area contributed by atoms with Crippen LogP contribution >= 0.6 is 0 Å². The van der Waals surface area contributed by atoms with Crippen LogP contribution in [0.2, 0.25) is 0 Å². The van der Waals surface area contributed by atoms with Crippen molar-refractivity contribution in [2.45, 2.75) is 32.4 Å². The molecule has 1 fully saturated rings. The molecule has 1 aliphatic carbocycles. The molecule has 0 N–H and O–H groups in total. The average Bonchev–Trinajstić information content (AvgIpc) is 3.37. The molecule has 0 bridgehead atoms. The third kappa shape index (κ3) is 2.54. The molecule has 22 heavy (non-hydrogen) atoms. The Hall–Kier alpha value is -2.42. The molecule has 0 spiro atoms. The van der Waals surface area contributed by atoms with Crippen molar-refractivity contribution in [2.24, 2.45) is 0 Å². The molecule has 3 aromatic rings. The summed E-state index contributed by atoms with van der Waals surface area (Å²) >= 11 is 0.